The van der Waals surface area contributed by atoms with Gasteiger partial charge in [-0.15, -0.1) is 0 Å². The van der Waals surface area contributed by atoms with Crippen LogP contribution in [0.25, 0.3) is 0 Å². The quantitative estimate of drug-likeness (QED) is 0.640. The van der Waals surface area contributed by atoms with Crippen LogP contribution < -0.4 is 11.3 Å². The number of hydrogen-bond acceptors (Lipinski definition) is 3. The zero-order valence-electron chi connectivity index (χ0n) is 10.2. The molecular weight excluding hydrogens is 316 g/mol. The molecule has 1 aliphatic rings. The van der Waals surface area contributed by atoms with Crippen LogP contribution in [0.2, 0.25) is 5.02 Å². The van der Waals surface area contributed by atoms with Gasteiger partial charge in [0.15, 0.2) is 0 Å². The summed E-state index contributed by atoms with van der Waals surface area (Å²) in [5, 5.41) is 0.744. The highest BCUT2D eigenvalue weighted by molar-refractivity contribution is 9.10. The van der Waals surface area contributed by atoms with Crippen LogP contribution in [0, 0.1) is 0 Å². The summed E-state index contributed by atoms with van der Waals surface area (Å²) in [5.74, 6) is 5.64. The second kappa shape index (κ2) is 6.87. The number of halogens is 2. The highest BCUT2D eigenvalue weighted by Crippen LogP contribution is 2.30. The molecule has 1 heterocycles. The van der Waals surface area contributed by atoms with E-state index in [4.69, 9.17) is 22.2 Å². The maximum atomic E-state index is 6.22. The lowest BCUT2D eigenvalue weighted by Crippen LogP contribution is -2.29. The Labute approximate surface area is 121 Å². The molecule has 1 fully saturated rings. The number of rotatable bonds is 5. The van der Waals surface area contributed by atoms with Gasteiger partial charge in [-0.25, -0.2) is 0 Å². The predicted molar refractivity (Wildman–Crippen MR) is 77.4 cm³/mol. The van der Waals surface area contributed by atoms with E-state index in [1.165, 1.54) is 6.42 Å². The molecule has 1 aromatic carbocycles. The first-order chi connectivity index (χ1) is 8.70. The fourth-order valence-electron chi connectivity index (χ4n) is 2.33. The Bertz CT molecular complexity index is 397. The van der Waals surface area contributed by atoms with Crippen LogP contribution in [0.3, 0.4) is 0 Å². The molecular formula is C13H18BrClN2O. The summed E-state index contributed by atoms with van der Waals surface area (Å²) in [5.41, 5.74) is 3.88. The molecule has 3 nitrogen and oxygen atoms in total. The second-order valence-electron chi connectivity index (χ2n) is 4.60. The molecule has 18 heavy (non-hydrogen) atoms. The molecule has 0 radical (unpaired) electrons. The number of nitrogens with one attached hydrogen (secondary N) is 1. The molecule has 0 spiro atoms. The van der Waals surface area contributed by atoms with E-state index in [0.717, 1.165) is 40.9 Å². The van der Waals surface area contributed by atoms with Crippen LogP contribution in [0.15, 0.2) is 22.7 Å². The zero-order chi connectivity index (χ0) is 13.0. The van der Waals surface area contributed by atoms with E-state index in [0.29, 0.717) is 6.10 Å². The molecule has 3 N–H and O–H groups in total. The lowest BCUT2D eigenvalue weighted by molar-refractivity contribution is 0.0996. The smallest absolute Gasteiger partial charge is 0.0576 e. The van der Waals surface area contributed by atoms with Crippen molar-refractivity contribution in [3.8, 4) is 0 Å². The fraction of sp³-hybridized carbons (Fsp3) is 0.538. The summed E-state index contributed by atoms with van der Waals surface area (Å²) in [7, 11) is 0. The second-order valence-corrected chi connectivity index (χ2v) is 5.92. The molecule has 2 rings (SSSR count). The van der Waals surface area contributed by atoms with Gasteiger partial charge in [0.25, 0.3) is 0 Å². The van der Waals surface area contributed by atoms with Gasteiger partial charge in [-0.1, -0.05) is 27.5 Å². The topological polar surface area (TPSA) is 47.3 Å². The van der Waals surface area contributed by atoms with Gasteiger partial charge in [0, 0.05) is 22.1 Å². The first kappa shape index (κ1) is 14.3. The molecule has 1 aromatic rings. The van der Waals surface area contributed by atoms with Crippen molar-refractivity contribution >= 4 is 27.5 Å². The number of nitrogens with two attached hydrogens (primary N) is 1. The van der Waals surface area contributed by atoms with Crippen LogP contribution in [0.5, 0.6) is 0 Å². The van der Waals surface area contributed by atoms with Crippen molar-refractivity contribution in [2.75, 3.05) is 6.61 Å². The number of benzene rings is 1. The average Bonchev–Trinajstić information content (AvgIpc) is 2.87. The Kier molecular flexibility index (Phi) is 5.45. The summed E-state index contributed by atoms with van der Waals surface area (Å²) < 4.78 is 6.64. The van der Waals surface area contributed by atoms with Crippen LogP contribution in [0.1, 0.15) is 37.3 Å². The van der Waals surface area contributed by atoms with E-state index < -0.39 is 0 Å². The number of hydrogen-bond donors (Lipinski definition) is 2. The van der Waals surface area contributed by atoms with Crippen molar-refractivity contribution in [2.45, 2.75) is 37.8 Å². The van der Waals surface area contributed by atoms with Crippen molar-refractivity contribution in [2.24, 2.45) is 5.84 Å². The Balaban J connectivity index is 2.00. The van der Waals surface area contributed by atoms with Crippen molar-refractivity contribution in [1.29, 1.82) is 0 Å². The molecule has 100 valence electrons. The van der Waals surface area contributed by atoms with Gasteiger partial charge < -0.3 is 4.74 Å². The fourth-order valence-corrected chi connectivity index (χ4v) is 2.96. The summed E-state index contributed by atoms with van der Waals surface area (Å²) in [6.07, 6.45) is 4.65. The van der Waals surface area contributed by atoms with Crippen LogP contribution in [-0.2, 0) is 4.74 Å². The van der Waals surface area contributed by atoms with Crippen molar-refractivity contribution in [3.63, 3.8) is 0 Å². The van der Waals surface area contributed by atoms with Crippen LogP contribution in [0.4, 0.5) is 0 Å². The molecule has 5 heteroatoms. The Morgan fingerprint density at radius 3 is 3.06 bits per heavy atom. The van der Waals surface area contributed by atoms with Gasteiger partial charge in [-0.2, -0.15) is 0 Å². The van der Waals surface area contributed by atoms with Crippen molar-refractivity contribution in [3.05, 3.63) is 33.3 Å². The van der Waals surface area contributed by atoms with Crippen LogP contribution >= 0.6 is 27.5 Å². The SMILES string of the molecule is NNC(CCC1CCCO1)c1cc(Br)ccc1Cl. The van der Waals surface area contributed by atoms with E-state index in [2.05, 4.69) is 21.4 Å². The third-order valence-electron chi connectivity index (χ3n) is 3.34. The standard InChI is InChI=1S/C13H18BrClN2O/c14-9-3-5-12(15)11(8-9)13(17-16)6-4-10-2-1-7-18-10/h3,5,8,10,13,17H,1-2,4,6-7,16H2. The van der Waals surface area contributed by atoms with Gasteiger partial charge in [0.05, 0.1) is 6.10 Å². The first-order valence-electron chi connectivity index (χ1n) is 6.23. The number of ether oxygens (including phenoxy) is 1. The highest BCUT2D eigenvalue weighted by Gasteiger charge is 2.19. The van der Waals surface area contributed by atoms with Gasteiger partial charge in [0.1, 0.15) is 0 Å². The average molecular weight is 334 g/mol. The maximum absolute atomic E-state index is 6.22. The normalized spacial score (nSPS) is 21.2. The van der Waals surface area contributed by atoms with Gasteiger partial charge >= 0.3 is 0 Å². The van der Waals surface area contributed by atoms with Gasteiger partial charge in [-0.05, 0) is 49.4 Å². The molecule has 2 unspecified atom stereocenters. The van der Waals surface area contributed by atoms with E-state index in [-0.39, 0.29) is 6.04 Å². The monoisotopic (exact) mass is 332 g/mol. The molecule has 1 aliphatic heterocycles. The Morgan fingerprint density at radius 2 is 2.39 bits per heavy atom. The van der Waals surface area contributed by atoms with E-state index >= 15 is 0 Å². The molecule has 0 bridgehead atoms. The van der Waals surface area contributed by atoms with Crippen molar-refractivity contribution in [1.82, 2.24) is 5.43 Å². The highest BCUT2D eigenvalue weighted by atomic mass is 79.9. The third-order valence-corrected chi connectivity index (χ3v) is 4.17. The molecule has 0 saturated carbocycles. The first-order valence-corrected chi connectivity index (χ1v) is 7.40. The minimum Gasteiger partial charge on any atom is -0.378 e. The summed E-state index contributed by atoms with van der Waals surface area (Å²) in [4.78, 5) is 0. The molecule has 0 aliphatic carbocycles. The summed E-state index contributed by atoms with van der Waals surface area (Å²) in [6.45, 7) is 0.892. The molecule has 2 atom stereocenters. The van der Waals surface area contributed by atoms with Crippen molar-refractivity contribution < 1.29 is 4.74 Å². The Morgan fingerprint density at radius 1 is 1.56 bits per heavy atom. The van der Waals surface area contributed by atoms with Gasteiger partial charge in [0.2, 0.25) is 0 Å². The van der Waals surface area contributed by atoms with Crippen LogP contribution in [-0.4, -0.2) is 12.7 Å². The largest absolute Gasteiger partial charge is 0.378 e. The lowest BCUT2D eigenvalue weighted by Gasteiger charge is -2.19. The summed E-state index contributed by atoms with van der Waals surface area (Å²) in [6, 6.07) is 5.90. The minimum atomic E-state index is 0.0687. The maximum Gasteiger partial charge on any atom is 0.0576 e. The third kappa shape index (κ3) is 3.68. The molecule has 0 amide bonds. The van der Waals surface area contributed by atoms with E-state index in [9.17, 15) is 0 Å². The zero-order valence-corrected chi connectivity index (χ0v) is 12.5. The van der Waals surface area contributed by atoms with E-state index in [1.807, 2.05) is 18.2 Å². The molecule has 0 aromatic heterocycles. The number of hydrazine groups is 1. The van der Waals surface area contributed by atoms with Gasteiger partial charge in [-0.3, -0.25) is 11.3 Å². The molecule has 1 saturated heterocycles. The lowest BCUT2D eigenvalue weighted by atomic mass is 10.00. The minimum absolute atomic E-state index is 0.0687. The Hall–Kier alpha value is -0.130. The predicted octanol–water partition coefficient (Wildman–Crippen LogP) is 3.57. The van der Waals surface area contributed by atoms with E-state index in [1.54, 1.807) is 0 Å². The summed E-state index contributed by atoms with van der Waals surface area (Å²) >= 11 is 9.68.